The third-order valence-electron chi connectivity index (χ3n) is 8.49. The molecule has 0 saturated heterocycles. The van der Waals surface area contributed by atoms with Crippen molar-refractivity contribution in [1.29, 1.82) is 0 Å². The molecule has 0 unspecified atom stereocenters. The quantitative estimate of drug-likeness (QED) is 0.204. The van der Waals surface area contributed by atoms with Gasteiger partial charge in [0.15, 0.2) is 5.82 Å². The fourth-order valence-electron chi connectivity index (χ4n) is 6.08. The summed E-state index contributed by atoms with van der Waals surface area (Å²) >= 11 is 0. The minimum absolute atomic E-state index is 0.726. The number of fused-ring (bicyclic) bond motifs is 2. The molecule has 45 heavy (non-hydrogen) atoms. The first-order chi connectivity index (χ1) is 22.2. The number of benzene rings is 7. The van der Waals surface area contributed by atoms with E-state index >= 15 is 0 Å². The van der Waals surface area contributed by atoms with E-state index in [1.165, 1.54) is 49.4 Å². The third kappa shape index (κ3) is 5.39. The molecule has 0 radical (unpaired) electrons. The molecule has 2 nitrogen and oxygen atoms in total. The van der Waals surface area contributed by atoms with Gasteiger partial charge < -0.3 is 0 Å². The van der Waals surface area contributed by atoms with Crippen LogP contribution in [0, 0.1) is 6.92 Å². The van der Waals surface area contributed by atoms with Gasteiger partial charge in [-0.25, -0.2) is 9.97 Å². The maximum Gasteiger partial charge on any atom is 0.160 e. The molecule has 0 N–H and O–H groups in total. The van der Waals surface area contributed by atoms with Gasteiger partial charge in [0.25, 0.3) is 0 Å². The summed E-state index contributed by atoms with van der Waals surface area (Å²) in [6.45, 7) is 2.14. The molecule has 0 spiro atoms. The number of aryl methyl sites for hydroxylation is 1. The maximum absolute atomic E-state index is 5.02. The first-order valence-electron chi connectivity index (χ1n) is 15.3. The summed E-state index contributed by atoms with van der Waals surface area (Å²) in [7, 11) is 0. The van der Waals surface area contributed by atoms with Crippen LogP contribution in [0.1, 0.15) is 5.56 Å². The van der Waals surface area contributed by atoms with Crippen LogP contribution < -0.4 is 0 Å². The second-order valence-corrected chi connectivity index (χ2v) is 11.6. The fraction of sp³-hybridized carbons (Fsp3) is 0.0233. The minimum atomic E-state index is 0.726. The van der Waals surface area contributed by atoms with Crippen molar-refractivity contribution >= 4 is 21.5 Å². The van der Waals surface area contributed by atoms with Crippen LogP contribution in [0.2, 0.25) is 0 Å². The monoisotopic (exact) mass is 574 g/mol. The molecule has 7 aromatic carbocycles. The number of hydrogen-bond acceptors (Lipinski definition) is 2. The van der Waals surface area contributed by atoms with E-state index in [2.05, 4.69) is 134 Å². The van der Waals surface area contributed by atoms with Crippen LogP contribution >= 0.6 is 0 Å². The van der Waals surface area contributed by atoms with Crippen LogP contribution in [0.4, 0.5) is 0 Å². The Labute approximate surface area is 263 Å². The normalized spacial score (nSPS) is 11.2. The van der Waals surface area contributed by atoms with Crippen molar-refractivity contribution in [3.05, 3.63) is 169 Å². The van der Waals surface area contributed by atoms with Crippen LogP contribution in [0.3, 0.4) is 0 Å². The predicted molar refractivity (Wildman–Crippen MR) is 189 cm³/mol. The first kappa shape index (κ1) is 26.7. The van der Waals surface area contributed by atoms with E-state index in [0.29, 0.717) is 0 Å². The molecule has 0 fully saturated rings. The van der Waals surface area contributed by atoms with Crippen LogP contribution in [0.15, 0.2) is 164 Å². The smallest absolute Gasteiger partial charge is 0.160 e. The zero-order valence-corrected chi connectivity index (χ0v) is 25.0. The lowest BCUT2D eigenvalue weighted by molar-refractivity contribution is 1.18. The maximum atomic E-state index is 5.02. The first-order valence-corrected chi connectivity index (χ1v) is 15.3. The lowest BCUT2D eigenvalue weighted by Gasteiger charge is -2.11. The van der Waals surface area contributed by atoms with Gasteiger partial charge in [0.2, 0.25) is 0 Å². The average molecular weight is 575 g/mol. The van der Waals surface area contributed by atoms with Gasteiger partial charge in [0.05, 0.1) is 11.4 Å². The molecular formula is C43H30N2. The molecule has 0 atom stereocenters. The standard InChI is InChI=1S/C43H30N2/c1-29-15-16-35-25-36(18-17-34(35)23-29)32-13-8-14-33(24-32)37-19-20-39-27-40(22-21-38(39)26-37)42-28-41(30-9-4-2-5-10-30)44-43(45-42)31-11-6-3-7-12-31/h2-28H,1H3. The molecule has 1 aromatic heterocycles. The summed E-state index contributed by atoms with van der Waals surface area (Å²) in [6, 6.07) is 58.1. The molecular weight excluding hydrogens is 544 g/mol. The Morgan fingerprint density at radius 1 is 0.311 bits per heavy atom. The lowest BCUT2D eigenvalue weighted by atomic mass is 9.95. The van der Waals surface area contributed by atoms with E-state index in [4.69, 9.17) is 9.97 Å². The van der Waals surface area contributed by atoms with Crippen molar-refractivity contribution in [3.8, 4) is 56.2 Å². The van der Waals surface area contributed by atoms with Crippen LogP contribution in [-0.4, -0.2) is 9.97 Å². The van der Waals surface area contributed by atoms with Crippen molar-refractivity contribution in [1.82, 2.24) is 9.97 Å². The largest absolute Gasteiger partial charge is 0.228 e. The summed E-state index contributed by atoms with van der Waals surface area (Å²) < 4.78 is 0. The van der Waals surface area contributed by atoms with Crippen molar-refractivity contribution < 1.29 is 0 Å². The molecule has 8 rings (SSSR count). The number of rotatable bonds is 5. The summed E-state index contributed by atoms with van der Waals surface area (Å²) in [6.07, 6.45) is 0. The Hall–Kier alpha value is -5.86. The van der Waals surface area contributed by atoms with Crippen LogP contribution in [0.5, 0.6) is 0 Å². The van der Waals surface area contributed by atoms with Gasteiger partial charge in [-0.1, -0.05) is 139 Å². The lowest BCUT2D eigenvalue weighted by Crippen LogP contribution is -1.95. The van der Waals surface area contributed by atoms with Crippen molar-refractivity contribution in [2.45, 2.75) is 6.92 Å². The Morgan fingerprint density at radius 3 is 1.38 bits per heavy atom. The van der Waals surface area contributed by atoms with Crippen molar-refractivity contribution in [2.24, 2.45) is 0 Å². The molecule has 0 saturated carbocycles. The Morgan fingerprint density at radius 2 is 0.756 bits per heavy atom. The average Bonchev–Trinajstić information content (AvgIpc) is 3.11. The van der Waals surface area contributed by atoms with Gasteiger partial charge in [-0.05, 0) is 81.1 Å². The Balaban J connectivity index is 1.15. The van der Waals surface area contributed by atoms with E-state index in [1.807, 2.05) is 36.4 Å². The predicted octanol–water partition coefficient (Wildman–Crippen LogP) is 11.4. The van der Waals surface area contributed by atoms with Crippen LogP contribution in [0.25, 0.3) is 77.7 Å². The molecule has 0 amide bonds. The van der Waals surface area contributed by atoms with Gasteiger partial charge >= 0.3 is 0 Å². The minimum Gasteiger partial charge on any atom is -0.228 e. The van der Waals surface area contributed by atoms with Gasteiger partial charge in [-0.15, -0.1) is 0 Å². The molecule has 0 aliphatic rings. The highest BCUT2D eigenvalue weighted by molar-refractivity contribution is 5.92. The van der Waals surface area contributed by atoms with E-state index in [9.17, 15) is 0 Å². The van der Waals surface area contributed by atoms with E-state index in [1.54, 1.807) is 0 Å². The number of nitrogens with zero attached hydrogens (tertiary/aromatic N) is 2. The molecule has 212 valence electrons. The number of hydrogen-bond donors (Lipinski definition) is 0. The van der Waals surface area contributed by atoms with E-state index < -0.39 is 0 Å². The van der Waals surface area contributed by atoms with Gasteiger partial charge in [0.1, 0.15) is 0 Å². The highest BCUT2D eigenvalue weighted by Gasteiger charge is 2.12. The van der Waals surface area contributed by atoms with E-state index in [0.717, 1.165) is 33.9 Å². The highest BCUT2D eigenvalue weighted by atomic mass is 14.9. The zero-order valence-electron chi connectivity index (χ0n) is 25.0. The Kier molecular flexibility index (Phi) is 6.73. The summed E-state index contributed by atoms with van der Waals surface area (Å²) in [5, 5.41) is 4.92. The zero-order chi connectivity index (χ0) is 30.2. The summed E-state index contributed by atoms with van der Waals surface area (Å²) in [5.74, 6) is 0.726. The highest BCUT2D eigenvalue weighted by Crippen LogP contribution is 2.33. The summed E-state index contributed by atoms with van der Waals surface area (Å²) in [4.78, 5) is 9.96. The summed E-state index contributed by atoms with van der Waals surface area (Å²) in [5.41, 5.74) is 11.1. The van der Waals surface area contributed by atoms with Crippen molar-refractivity contribution in [3.63, 3.8) is 0 Å². The van der Waals surface area contributed by atoms with Gasteiger partial charge in [-0.2, -0.15) is 0 Å². The van der Waals surface area contributed by atoms with Gasteiger partial charge in [-0.3, -0.25) is 0 Å². The van der Waals surface area contributed by atoms with E-state index in [-0.39, 0.29) is 0 Å². The topological polar surface area (TPSA) is 25.8 Å². The second-order valence-electron chi connectivity index (χ2n) is 11.6. The molecule has 0 aliphatic heterocycles. The second kappa shape index (κ2) is 11.3. The molecule has 2 heteroatoms. The SMILES string of the molecule is Cc1ccc2cc(-c3cccc(-c4ccc5cc(-c6cc(-c7ccccc7)nc(-c7ccccc7)n6)ccc5c4)c3)ccc2c1. The van der Waals surface area contributed by atoms with Gasteiger partial charge in [0, 0.05) is 16.7 Å². The molecule has 0 bridgehead atoms. The number of aromatic nitrogens is 2. The van der Waals surface area contributed by atoms with Crippen molar-refractivity contribution in [2.75, 3.05) is 0 Å². The molecule has 0 aliphatic carbocycles. The molecule has 1 heterocycles. The third-order valence-corrected chi connectivity index (χ3v) is 8.49. The van der Waals surface area contributed by atoms with Crippen LogP contribution in [-0.2, 0) is 0 Å². The Bertz CT molecular complexity index is 2260. The molecule has 8 aromatic rings. The fourth-order valence-corrected chi connectivity index (χ4v) is 6.08.